The third-order valence-electron chi connectivity index (χ3n) is 3.00. The van der Waals surface area contributed by atoms with Gasteiger partial charge in [-0.3, -0.25) is 0 Å². The smallest absolute Gasteiger partial charge is 1.00 e. The van der Waals surface area contributed by atoms with Crippen molar-refractivity contribution >= 4 is 0 Å². The second-order valence-electron chi connectivity index (χ2n) is 5.40. The van der Waals surface area contributed by atoms with Crippen molar-refractivity contribution < 1.29 is 31.0 Å². The molecule has 0 heterocycles. The quantitative estimate of drug-likeness (QED) is 0.696. The third kappa shape index (κ3) is 4.24. The van der Waals surface area contributed by atoms with E-state index < -0.39 is 0 Å². The summed E-state index contributed by atoms with van der Waals surface area (Å²) in [6.45, 7) is 13.6. The summed E-state index contributed by atoms with van der Waals surface area (Å²) in [4.78, 5) is 0. The van der Waals surface area contributed by atoms with E-state index in [1.54, 1.807) is 0 Å². The zero-order valence-electron chi connectivity index (χ0n) is 13.0. The Morgan fingerprint density at radius 2 is 0.812 bits per heavy atom. The maximum atomic E-state index is 2.36. The van der Waals surface area contributed by atoms with Crippen molar-refractivity contribution in [1.82, 2.24) is 0 Å². The van der Waals surface area contributed by atoms with Crippen LogP contribution in [-0.4, -0.2) is 0 Å². The summed E-state index contributed by atoms with van der Waals surface area (Å²) in [5, 5.41) is 0. The van der Waals surface area contributed by atoms with Gasteiger partial charge >= 0.3 is 29.6 Å². The summed E-state index contributed by atoms with van der Waals surface area (Å²) >= 11 is 0. The molecule has 0 bridgehead atoms. The molecule has 0 nitrogen and oxygen atoms in total. The fourth-order valence-corrected chi connectivity index (χ4v) is 1.70. The average molecular weight is 228 g/mol. The predicted molar refractivity (Wildman–Crippen MR) is 69.8 cm³/mol. The SMILES string of the molecule is CC(C)c1cc(C(C)C)cc(C(C)C)c1.[H-].[Na+]. The summed E-state index contributed by atoms with van der Waals surface area (Å²) in [7, 11) is 0. The Kier molecular flexibility index (Phi) is 6.93. The molecule has 1 aromatic carbocycles. The minimum atomic E-state index is 0. The Hall–Kier alpha value is 0.220. The van der Waals surface area contributed by atoms with Crippen molar-refractivity contribution in [2.45, 2.75) is 59.3 Å². The molecule has 86 valence electrons. The third-order valence-corrected chi connectivity index (χ3v) is 3.00. The molecule has 0 aromatic heterocycles. The maximum Gasteiger partial charge on any atom is 1.00 e. The van der Waals surface area contributed by atoms with Crippen molar-refractivity contribution in [3.63, 3.8) is 0 Å². The van der Waals surface area contributed by atoms with E-state index in [-0.39, 0.29) is 31.0 Å². The molecule has 0 fully saturated rings. The van der Waals surface area contributed by atoms with Gasteiger partial charge < -0.3 is 1.43 Å². The van der Waals surface area contributed by atoms with Gasteiger partial charge in [0.25, 0.3) is 0 Å². The largest absolute Gasteiger partial charge is 1.00 e. The van der Waals surface area contributed by atoms with E-state index in [0.717, 1.165) is 0 Å². The molecule has 1 aromatic rings. The first-order valence-corrected chi connectivity index (χ1v) is 6.06. The molecule has 0 saturated carbocycles. The Balaban J connectivity index is 0. The van der Waals surface area contributed by atoms with Crippen molar-refractivity contribution in [2.24, 2.45) is 0 Å². The van der Waals surface area contributed by atoms with E-state index >= 15 is 0 Å². The van der Waals surface area contributed by atoms with Crippen LogP contribution in [0.2, 0.25) is 0 Å². The molecule has 0 atom stereocenters. The van der Waals surface area contributed by atoms with Gasteiger partial charge in [-0.15, -0.1) is 0 Å². The van der Waals surface area contributed by atoms with Crippen LogP contribution in [-0.2, 0) is 0 Å². The molecule has 0 spiro atoms. The zero-order chi connectivity index (χ0) is 11.6. The summed E-state index contributed by atoms with van der Waals surface area (Å²) in [6, 6.07) is 7.09. The van der Waals surface area contributed by atoms with Gasteiger partial charge in [0.05, 0.1) is 0 Å². The van der Waals surface area contributed by atoms with Crippen molar-refractivity contribution in [2.75, 3.05) is 0 Å². The van der Waals surface area contributed by atoms with E-state index in [1.807, 2.05) is 0 Å². The van der Waals surface area contributed by atoms with Crippen LogP contribution in [0.3, 0.4) is 0 Å². The van der Waals surface area contributed by atoms with Crippen molar-refractivity contribution in [3.8, 4) is 0 Å². The number of benzene rings is 1. The molecule has 0 amide bonds. The summed E-state index contributed by atoms with van der Waals surface area (Å²) < 4.78 is 0. The Morgan fingerprint density at radius 1 is 0.625 bits per heavy atom. The van der Waals surface area contributed by atoms with Crippen molar-refractivity contribution in [1.29, 1.82) is 0 Å². The van der Waals surface area contributed by atoms with Crippen LogP contribution >= 0.6 is 0 Å². The second kappa shape index (κ2) is 6.83. The fourth-order valence-electron chi connectivity index (χ4n) is 1.70. The molecule has 0 N–H and O–H groups in total. The molecule has 16 heavy (non-hydrogen) atoms. The minimum Gasteiger partial charge on any atom is -1.00 e. The minimum absolute atomic E-state index is 0. The van der Waals surface area contributed by atoms with E-state index in [1.165, 1.54) is 16.7 Å². The summed E-state index contributed by atoms with van der Waals surface area (Å²) in [5.74, 6) is 1.88. The molecular formula is C15H25Na. The molecule has 0 saturated heterocycles. The summed E-state index contributed by atoms with van der Waals surface area (Å²) in [5.41, 5.74) is 4.43. The van der Waals surface area contributed by atoms with E-state index in [2.05, 4.69) is 59.7 Å². The Morgan fingerprint density at radius 3 is 0.938 bits per heavy atom. The zero-order valence-corrected chi connectivity index (χ0v) is 14.0. The first kappa shape index (κ1) is 16.2. The van der Waals surface area contributed by atoms with Crippen molar-refractivity contribution in [3.05, 3.63) is 34.9 Å². The topological polar surface area (TPSA) is 0 Å². The molecular weight excluding hydrogens is 203 g/mol. The number of hydrogen-bond acceptors (Lipinski definition) is 0. The normalized spacial score (nSPS) is 11.1. The Labute approximate surface area is 125 Å². The van der Waals surface area contributed by atoms with Crippen LogP contribution in [0.1, 0.15) is 77.4 Å². The van der Waals surface area contributed by atoms with E-state index in [4.69, 9.17) is 0 Å². The van der Waals surface area contributed by atoms with E-state index in [0.29, 0.717) is 17.8 Å². The van der Waals surface area contributed by atoms with Gasteiger partial charge in [0.1, 0.15) is 0 Å². The maximum absolute atomic E-state index is 2.36. The van der Waals surface area contributed by atoms with Gasteiger partial charge in [0.15, 0.2) is 0 Å². The van der Waals surface area contributed by atoms with Crippen LogP contribution in [0, 0.1) is 0 Å². The molecule has 0 radical (unpaired) electrons. The molecule has 0 aliphatic carbocycles. The fraction of sp³-hybridized carbons (Fsp3) is 0.600. The number of rotatable bonds is 3. The van der Waals surface area contributed by atoms with Crippen LogP contribution < -0.4 is 29.6 Å². The van der Waals surface area contributed by atoms with Crippen LogP contribution in [0.15, 0.2) is 18.2 Å². The summed E-state index contributed by atoms with van der Waals surface area (Å²) in [6.07, 6.45) is 0. The van der Waals surface area contributed by atoms with Gasteiger partial charge in [-0.25, -0.2) is 0 Å². The van der Waals surface area contributed by atoms with Gasteiger partial charge in [-0.1, -0.05) is 59.7 Å². The van der Waals surface area contributed by atoms with Crippen LogP contribution in [0.25, 0.3) is 0 Å². The molecule has 1 heteroatoms. The molecule has 1 rings (SSSR count). The standard InChI is InChI=1S/C15H24.Na.H/c1-10(2)13-7-14(11(3)4)9-15(8-13)12(5)6;;/h7-12H,1-6H3;;/q;+1;-1. The first-order valence-electron chi connectivity index (χ1n) is 6.06. The molecule has 0 aliphatic rings. The predicted octanol–water partition coefficient (Wildman–Crippen LogP) is 2.17. The van der Waals surface area contributed by atoms with Crippen LogP contribution in [0.5, 0.6) is 0 Å². The van der Waals surface area contributed by atoms with Gasteiger partial charge in [0, 0.05) is 0 Å². The second-order valence-corrected chi connectivity index (χ2v) is 5.40. The monoisotopic (exact) mass is 228 g/mol. The molecule has 0 aliphatic heterocycles. The number of hydrogen-bond donors (Lipinski definition) is 0. The van der Waals surface area contributed by atoms with Gasteiger partial charge in [-0.2, -0.15) is 0 Å². The average Bonchev–Trinajstić information content (AvgIpc) is 2.16. The molecule has 0 unspecified atom stereocenters. The van der Waals surface area contributed by atoms with Gasteiger partial charge in [-0.05, 0) is 34.4 Å². The first-order chi connectivity index (χ1) is 6.91. The van der Waals surface area contributed by atoms with E-state index in [9.17, 15) is 0 Å². The van der Waals surface area contributed by atoms with Crippen LogP contribution in [0.4, 0.5) is 0 Å². The Bertz CT molecular complexity index is 265. The van der Waals surface area contributed by atoms with Gasteiger partial charge in [0.2, 0.25) is 0 Å².